The number of aliphatic imine (C=N–C) groups is 2. The van der Waals surface area contributed by atoms with E-state index in [1.54, 1.807) is 62.8 Å². The molecule has 2 aromatic carbocycles. The monoisotopic (exact) mass is 310 g/mol. The fourth-order valence-corrected chi connectivity index (χ4v) is 2.23. The van der Waals surface area contributed by atoms with Gasteiger partial charge in [0.05, 0.1) is 14.2 Å². The Kier molecular flexibility index (Phi) is 5.05. The van der Waals surface area contributed by atoms with Crippen molar-refractivity contribution in [3.8, 4) is 11.5 Å². The fourth-order valence-electron chi connectivity index (χ4n) is 2.23. The summed E-state index contributed by atoms with van der Waals surface area (Å²) in [6.07, 6.45) is 2.97. The summed E-state index contributed by atoms with van der Waals surface area (Å²) < 4.78 is 10.2. The predicted molar refractivity (Wildman–Crippen MR) is 83.0 cm³/mol. The molecule has 0 spiro atoms. The number of hydrogen-bond donors (Lipinski definition) is 0. The highest BCUT2D eigenvalue weighted by Gasteiger charge is 2.34. The Morgan fingerprint density at radius 1 is 0.739 bits per heavy atom. The third-order valence-electron chi connectivity index (χ3n) is 3.40. The molecule has 0 radical (unpaired) electrons. The minimum absolute atomic E-state index is 0.509. The Labute approximate surface area is 133 Å². The van der Waals surface area contributed by atoms with Crippen LogP contribution in [-0.2, 0) is 15.3 Å². The molecular formula is C17H14N2O4. The van der Waals surface area contributed by atoms with Crippen molar-refractivity contribution < 1.29 is 19.1 Å². The summed E-state index contributed by atoms with van der Waals surface area (Å²) in [7, 11) is 3.08. The highest BCUT2D eigenvalue weighted by Crippen LogP contribution is 2.36. The van der Waals surface area contributed by atoms with E-state index in [0.717, 1.165) is 0 Å². The first kappa shape index (κ1) is 16.2. The molecule has 0 aromatic heterocycles. The molecular weight excluding hydrogens is 296 g/mol. The Morgan fingerprint density at radius 2 is 1.09 bits per heavy atom. The number of carbonyl (C=O) groups excluding carboxylic acids is 2. The van der Waals surface area contributed by atoms with Gasteiger partial charge in [-0.1, -0.05) is 24.3 Å². The second kappa shape index (κ2) is 7.18. The standard InChI is InChI=1S/C17H14N2O4/c1-22-15-7-3-13(4-8-15)17(18-11-20,19-12-21)14-5-9-16(23-2)10-6-14/h3-10H,1-2H3. The minimum atomic E-state index is -1.54. The summed E-state index contributed by atoms with van der Waals surface area (Å²) >= 11 is 0. The van der Waals surface area contributed by atoms with Crippen LogP contribution < -0.4 is 9.47 Å². The topological polar surface area (TPSA) is 77.3 Å². The molecule has 0 atom stereocenters. The van der Waals surface area contributed by atoms with E-state index in [0.29, 0.717) is 22.6 Å². The van der Waals surface area contributed by atoms with Gasteiger partial charge in [-0.3, -0.25) is 0 Å². The molecule has 23 heavy (non-hydrogen) atoms. The SMILES string of the molecule is COc1ccc(C(N=C=O)(N=C=O)c2ccc(OC)cc2)cc1. The van der Waals surface area contributed by atoms with Gasteiger partial charge in [0, 0.05) is 11.1 Å². The summed E-state index contributed by atoms with van der Waals surface area (Å²) in [5.74, 6) is 1.25. The van der Waals surface area contributed by atoms with Gasteiger partial charge in [0.1, 0.15) is 11.5 Å². The summed E-state index contributed by atoms with van der Waals surface area (Å²) in [5, 5.41) is 0. The van der Waals surface area contributed by atoms with Gasteiger partial charge in [0.25, 0.3) is 0 Å². The third-order valence-corrected chi connectivity index (χ3v) is 3.40. The maximum Gasteiger partial charge on any atom is 0.238 e. The van der Waals surface area contributed by atoms with E-state index in [1.807, 2.05) is 0 Å². The second-order valence-electron chi connectivity index (χ2n) is 4.54. The lowest BCUT2D eigenvalue weighted by Gasteiger charge is -2.23. The second-order valence-corrected chi connectivity index (χ2v) is 4.54. The van der Waals surface area contributed by atoms with Crippen LogP contribution in [-0.4, -0.2) is 26.4 Å². The first-order valence-corrected chi connectivity index (χ1v) is 6.67. The Morgan fingerprint density at radius 3 is 1.35 bits per heavy atom. The Balaban J connectivity index is 2.66. The van der Waals surface area contributed by atoms with Gasteiger partial charge in [-0.2, -0.15) is 9.98 Å². The summed E-state index contributed by atoms with van der Waals surface area (Å²) in [4.78, 5) is 29.5. The Hall–Kier alpha value is -3.20. The average Bonchev–Trinajstić information content (AvgIpc) is 2.61. The number of isocyanates is 2. The normalized spacial score (nSPS) is 10.2. The van der Waals surface area contributed by atoms with Crippen molar-refractivity contribution in [1.29, 1.82) is 0 Å². The van der Waals surface area contributed by atoms with Crippen LogP contribution in [0.25, 0.3) is 0 Å². The number of ether oxygens (including phenoxy) is 2. The molecule has 0 saturated heterocycles. The van der Waals surface area contributed by atoms with Crippen molar-refractivity contribution in [3.63, 3.8) is 0 Å². The van der Waals surface area contributed by atoms with Crippen LogP contribution in [0.5, 0.6) is 11.5 Å². The van der Waals surface area contributed by atoms with Crippen LogP contribution in [0.3, 0.4) is 0 Å². The van der Waals surface area contributed by atoms with E-state index >= 15 is 0 Å². The number of methoxy groups -OCH3 is 2. The summed E-state index contributed by atoms with van der Waals surface area (Å²) in [6.45, 7) is 0. The van der Waals surface area contributed by atoms with Crippen molar-refractivity contribution >= 4 is 12.2 Å². The van der Waals surface area contributed by atoms with Gasteiger partial charge in [-0.05, 0) is 24.3 Å². The fraction of sp³-hybridized carbons (Fsp3) is 0.176. The third kappa shape index (κ3) is 3.19. The molecule has 0 N–H and O–H groups in total. The van der Waals surface area contributed by atoms with Gasteiger partial charge < -0.3 is 9.47 Å². The van der Waals surface area contributed by atoms with Crippen molar-refractivity contribution in [2.45, 2.75) is 5.66 Å². The summed E-state index contributed by atoms with van der Waals surface area (Å²) in [5.41, 5.74) is -0.521. The molecule has 0 fully saturated rings. The smallest absolute Gasteiger partial charge is 0.238 e. The summed E-state index contributed by atoms with van der Waals surface area (Å²) in [6, 6.07) is 13.4. The number of nitrogens with zero attached hydrogens (tertiary/aromatic N) is 2. The van der Waals surface area contributed by atoms with Crippen LogP contribution in [0, 0.1) is 0 Å². The van der Waals surface area contributed by atoms with Crippen molar-refractivity contribution in [3.05, 3.63) is 59.7 Å². The first-order valence-electron chi connectivity index (χ1n) is 6.67. The lowest BCUT2D eigenvalue weighted by Crippen LogP contribution is -2.22. The molecule has 0 bridgehead atoms. The van der Waals surface area contributed by atoms with Gasteiger partial charge in [0.15, 0.2) is 0 Å². The van der Waals surface area contributed by atoms with Gasteiger partial charge in [-0.25, -0.2) is 9.59 Å². The van der Waals surface area contributed by atoms with Gasteiger partial charge in [0.2, 0.25) is 17.8 Å². The number of benzene rings is 2. The van der Waals surface area contributed by atoms with E-state index in [2.05, 4.69) is 9.98 Å². The van der Waals surface area contributed by atoms with Gasteiger partial charge in [-0.15, -0.1) is 0 Å². The number of rotatable bonds is 6. The zero-order chi connectivity index (χ0) is 16.7. The highest BCUT2D eigenvalue weighted by atomic mass is 16.5. The first-order chi connectivity index (χ1) is 11.2. The lowest BCUT2D eigenvalue weighted by molar-refractivity contribution is 0.413. The van der Waals surface area contributed by atoms with Crippen LogP contribution in [0.1, 0.15) is 11.1 Å². The van der Waals surface area contributed by atoms with Gasteiger partial charge >= 0.3 is 0 Å². The van der Waals surface area contributed by atoms with Crippen LogP contribution in [0.4, 0.5) is 0 Å². The Bertz CT molecular complexity index is 689. The van der Waals surface area contributed by atoms with Crippen molar-refractivity contribution in [2.24, 2.45) is 9.98 Å². The molecule has 0 amide bonds. The molecule has 0 aliphatic heterocycles. The van der Waals surface area contributed by atoms with E-state index in [4.69, 9.17) is 9.47 Å². The zero-order valence-corrected chi connectivity index (χ0v) is 12.6. The van der Waals surface area contributed by atoms with Crippen LogP contribution in [0.15, 0.2) is 58.5 Å². The molecule has 0 aliphatic rings. The molecule has 2 rings (SSSR count). The van der Waals surface area contributed by atoms with Crippen molar-refractivity contribution in [2.75, 3.05) is 14.2 Å². The number of hydrogen-bond acceptors (Lipinski definition) is 6. The zero-order valence-electron chi connectivity index (χ0n) is 12.6. The lowest BCUT2D eigenvalue weighted by atomic mass is 9.92. The van der Waals surface area contributed by atoms with E-state index < -0.39 is 5.66 Å². The molecule has 6 heteroatoms. The van der Waals surface area contributed by atoms with Crippen LogP contribution >= 0.6 is 0 Å². The maximum atomic E-state index is 11.0. The molecule has 0 aliphatic carbocycles. The average molecular weight is 310 g/mol. The molecule has 2 aromatic rings. The molecule has 116 valence electrons. The van der Waals surface area contributed by atoms with E-state index in [1.165, 1.54) is 12.2 Å². The van der Waals surface area contributed by atoms with E-state index in [9.17, 15) is 9.59 Å². The van der Waals surface area contributed by atoms with E-state index in [-0.39, 0.29) is 0 Å². The molecule has 0 saturated carbocycles. The molecule has 0 heterocycles. The predicted octanol–water partition coefficient (Wildman–Crippen LogP) is 2.58. The maximum absolute atomic E-state index is 11.0. The largest absolute Gasteiger partial charge is 0.497 e. The van der Waals surface area contributed by atoms with Crippen LogP contribution in [0.2, 0.25) is 0 Å². The molecule has 6 nitrogen and oxygen atoms in total. The van der Waals surface area contributed by atoms with Crippen molar-refractivity contribution in [1.82, 2.24) is 0 Å². The highest BCUT2D eigenvalue weighted by molar-refractivity contribution is 5.50. The minimum Gasteiger partial charge on any atom is -0.497 e. The molecule has 0 unspecified atom stereocenters. The quantitative estimate of drug-likeness (QED) is 0.607.